The largest absolute Gasteiger partial charge is 0.494 e. The molecule has 0 spiro atoms. The number of benzene rings is 1. The summed E-state index contributed by atoms with van der Waals surface area (Å²) in [5.74, 6) is 0.915. The van der Waals surface area contributed by atoms with Crippen molar-refractivity contribution in [1.29, 1.82) is 0 Å². The van der Waals surface area contributed by atoms with Gasteiger partial charge >= 0.3 is 0 Å². The number of aldehydes is 1. The molecule has 0 saturated carbocycles. The standard InChI is InChI=1S/C13H18O2/c1-2-3-11-15-13-8-6-12(7-9-13)5-4-10-14/h6-10H,2-5,11H2,1H3. The first kappa shape index (κ1) is 11.8. The Morgan fingerprint density at radius 2 is 2.00 bits per heavy atom. The van der Waals surface area contributed by atoms with Crippen LogP contribution in [0.4, 0.5) is 0 Å². The van der Waals surface area contributed by atoms with E-state index in [1.165, 1.54) is 5.56 Å². The Bertz CT molecular complexity index is 277. The van der Waals surface area contributed by atoms with E-state index in [1.807, 2.05) is 24.3 Å². The third-order valence-electron chi connectivity index (χ3n) is 2.24. The average molecular weight is 206 g/mol. The van der Waals surface area contributed by atoms with E-state index in [4.69, 9.17) is 4.74 Å². The molecule has 0 N–H and O–H groups in total. The number of carbonyl (C=O) groups is 1. The molecule has 2 heteroatoms. The molecule has 0 radical (unpaired) electrons. The highest BCUT2D eigenvalue weighted by molar-refractivity contribution is 5.50. The van der Waals surface area contributed by atoms with Gasteiger partial charge in [-0.3, -0.25) is 0 Å². The van der Waals surface area contributed by atoms with Gasteiger partial charge < -0.3 is 9.53 Å². The second kappa shape index (κ2) is 7.04. The molecular weight excluding hydrogens is 188 g/mol. The fourth-order valence-corrected chi connectivity index (χ4v) is 1.31. The van der Waals surface area contributed by atoms with Crippen LogP contribution in [0.5, 0.6) is 5.75 Å². The lowest BCUT2D eigenvalue weighted by atomic mass is 10.1. The molecule has 1 rings (SSSR count). The predicted octanol–water partition coefficient (Wildman–Crippen LogP) is 3.00. The molecule has 1 aromatic rings. The van der Waals surface area contributed by atoms with Crippen molar-refractivity contribution in [3.05, 3.63) is 29.8 Å². The Hall–Kier alpha value is -1.31. The Morgan fingerprint density at radius 3 is 2.60 bits per heavy atom. The predicted molar refractivity (Wildman–Crippen MR) is 61.2 cm³/mol. The van der Waals surface area contributed by atoms with Crippen LogP contribution in [-0.4, -0.2) is 12.9 Å². The zero-order valence-corrected chi connectivity index (χ0v) is 9.24. The lowest BCUT2D eigenvalue weighted by Gasteiger charge is -2.05. The van der Waals surface area contributed by atoms with Crippen LogP contribution >= 0.6 is 0 Å². The second-order valence-corrected chi connectivity index (χ2v) is 3.55. The van der Waals surface area contributed by atoms with E-state index >= 15 is 0 Å². The minimum Gasteiger partial charge on any atom is -0.494 e. The van der Waals surface area contributed by atoms with Crippen molar-refractivity contribution in [3.8, 4) is 5.75 Å². The van der Waals surface area contributed by atoms with E-state index in [9.17, 15) is 4.79 Å². The molecule has 0 aliphatic rings. The van der Waals surface area contributed by atoms with E-state index in [0.717, 1.165) is 37.9 Å². The normalized spacial score (nSPS) is 9.93. The van der Waals surface area contributed by atoms with Gasteiger partial charge in [0.05, 0.1) is 6.61 Å². The van der Waals surface area contributed by atoms with Crippen molar-refractivity contribution in [2.24, 2.45) is 0 Å². The number of ether oxygens (including phenoxy) is 1. The molecule has 0 aromatic heterocycles. The van der Waals surface area contributed by atoms with Gasteiger partial charge in [-0.15, -0.1) is 0 Å². The van der Waals surface area contributed by atoms with Crippen LogP contribution in [0.1, 0.15) is 31.7 Å². The van der Waals surface area contributed by atoms with E-state index in [-0.39, 0.29) is 0 Å². The van der Waals surface area contributed by atoms with Gasteiger partial charge in [-0.2, -0.15) is 0 Å². The zero-order valence-electron chi connectivity index (χ0n) is 9.24. The van der Waals surface area contributed by atoms with Crippen molar-refractivity contribution in [2.45, 2.75) is 32.6 Å². The number of hydrogen-bond donors (Lipinski definition) is 0. The molecular formula is C13H18O2. The van der Waals surface area contributed by atoms with Crippen molar-refractivity contribution in [2.75, 3.05) is 6.61 Å². The van der Waals surface area contributed by atoms with E-state index in [0.29, 0.717) is 6.42 Å². The van der Waals surface area contributed by atoms with Crippen LogP contribution < -0.4 is 4.74 Å². The number of carbonyl (C=O) groups excluding carboxylic acids is 1. The molecule has 15 heavy (non-hydrogen) atoms. The van der Waals surface area contributed by atoms with Gasteiger partial charge in [0.25, 0.3) is 0 Å². The first-order chi connectivity index (χ1) is 7.36. The van der Waals surface area contributed by atoms with Crippen LogP contribution in [0, 0.1) is 0 Å². The molecule has 0 aliphatic heterocycles. The third-order valence-corrected chi connectivity index (χ3v) is 2.24. The molecule has 0 amide bonds. The molecule has 0 aliphatic carbocycles. The summed E-state index contributed by atoms with van der Waals surface area (Å²) in [6, 6.07) is 7.97. The van der Waals surface area contributed by atoms with Crippen LogP contribution in [0.2, 0.25) is 0 Å². The first-order valence-electron chi connectivity index (χ1n) is 5.52. The summed E-state index contributed by atoms with van der Waals surface area (Å²) in [5.41, 5.74) is 1.19. The third kappa shape index (κ3) is 4.63. The van der Waals surface area contributed by atoms with Gasteiger partial charge in [0.2, 0.25) is 0 Å². The van der Waals surface area contributed by atoms with Crippen molar-refractivity contribution in [1.82, 2.24) is 0 Å². The quantitative estimate of drug-likeness (QED) is 0.506. The molecule has 2 nitrogen and oxygen atoms in total. The Kier molecular flexibility index (Phi) is 5.52. The SMILES string of the molecule is CCCCOc1ccc(CCC=O)cc1. The van der Waals surface area contributed by atoms with Crippen LogP contribution in [0.3, 0.4) is 0 Å². The van der Waals surface area contributed by atoms with E-state index < -0.39 is 0 Å². The first-order valence-corrected chi connectivity index (χ1v) is 5.52. The molecule has 0 unspecified atom stereocenters. The molecule has 1 aromatic carbocycles. The maximum atomic E-state index is 10.2. The highest BCUT2D eigenvalue weighted by Crippen LogP contribution is 2.13. The summed E-state index contributed by atoms with van der Waals surface area (Å²) in [7, 11) is 0. The van der Waals surface area contributed by atoms with Gasteiger partial charge in [0, 0.05) is 6.42 Å². The summed E-state index contributed by atoms with van der Waals surface area (Å²) in [4.78, 5) is 10.2. The van der Waals surface area contributed by atoms with Crippen LogP contribution in [0.25, 0.3) is 0 Å². The fourth-order valence-electron chi connectivity index (χ4n) is 1.31. The van der Waals surface area contributed by atoms with Gasteiger partial charge in [-0.25, -0.2) is 0 Å². The maximum absolute atomic E-state index is 10.2. The zero-order chi connectivity index (χ0) is 10.9. The molecule has 0 heterocycles. The monoisotopic (exact) mass is 206 g/mol. The van der Waals surface area contributed by atoms with Gasteiger partial charge in [0.1, 0.15) is 12.0 Å². The van der Waals surface area contributed by atoms with Gasteiger partial charge in [-0.05, 0) is 30.5 Å². The second-order valence-electron chi connectivity index (χ2n) is 3.55. The van der Waals surface area contributed by atoms with Crippen molar-refractivity contribution < 1.29 is 9.53 Å². The number of hydrogen-bond acceptors (Lipinski definition) is 2. The smallest absolute Gasteiger partial charge is 0.120 e. The van der Waals surface area contributed by atoms with Gasteiger partial charge in [-0.1, -0.05) is 25.5 Å². The molecule has 0 fully saturated rings. The molecule has 0 saturated heterocycles. The minimum atomic E-state index is 0.593. The van der Waals surface area contributed by atoms with E-state index in [1.54, 1.807) is 0 Å². The maximum Gasteiger partial charge on any atom is 0.120 e. The summed E-state index contributed by atoms with van der Waals surface area (Å²) < 4.78 is 5.54. The topological polar surface area (TPSA) is 26.3 Å². The Balaban J connectivity index is 2.38. The fraction of sp³-hybridized carbons (Fsp3) is 0.462. The highest BCUT2D eigenvalue weighted by Gasteiger charge is 1.95. The van der Waals surface area contributed by atoms with Crippen molar-refractivity contribution >= 4 is 6.29 Å². The van der Waals surface area contributed by atoms with Crippen LogP contribution in [0.15, 0.2) is 24.3 Å². The number of unbranched alkanes of at least 4 members (excludes halogenated alkanes) is 1. The van der Waals surface area contributed by atoms with Gasteiger partial charge in [0.15, 0.2) is 0 Å². The summed E-state index contributed by atoms with van der Waals surface area (Å²) in [6.45, 7) is 2.93. The molecule has 0 bridgehead atoms. The Morgan fingerprint density at radius 1 is 1.27 bits per heavy atom. The Labute approximate surface area is 91.3 Å². The van der Waals surface area contributed by atoms with E-state index in [2.05, 4.69) is 6.92 Å². The van der Waals surface area contributed by atoms with Crippen molar-refractivity contribution in [3.63, 3.8) is 0 Å². The lowest BCUT2D eigenvalue weighted by Crippen LogP contribution is -1.96. The minimum absolute atomic E-state index is 0.593. The molecule has 0 atom stereocenters. The highest BCUT2D eigenvalue weighted by atomic mass is 16.5. The summed E-state index contributed by atoms with van der Waals surface area (Å²) in [6.07, 6.45) is 4.60. The van der Waals surface area contributed by atoms with Crippen LogP contribution in [-0.2, 0) is 11.2 Å². The number of aryl methyl sites for hydroxylation is 1. The lowest BCUT2D eigenvalue weighted by molar-refractivity contribution is -0.107. The number of rotatable bonds is 7. The summed E-state index contributed by atoms with van der Waals surface area (Å²) >= 11 is 0. The summed E-state index contributed by atoms with van der Waals surface area (Å²) in [5, 5.41) is 0. The average Bonchev–Trinajstić information content (AvgIpc) is 2.28. The molecule has 82 valence electrons.